The van der Waals surface area contributed by atoms with Crippen molar-refractivity contribution in [3.8, 4) is 0 Å². The van der Waals surface area contributed by atoms with Gasteiger partial charge in [-0.05, 0) is 58.6 Å². The molecule has 1 unspecified atom stereocenters. The van der Waals surface area contributed by atoms with Crippen molar-refractivity contribution in [3.63, 3.8) is 0 Å². The number of aliphatic imine (C=N–C) groups is 1. The van der Waals surface area contributed by atoms with E-state index in [1.165, 1.54) is 44.6 Å². The topological polar surface area (TPSA) is 31.4 Å². The molecule has 3 nitrogen and oxygen atoms in total. The Bertz CT molecular complexity index is 445. The Morgan fingerprint density at radius 3 is 3.00 bits per heavy atom. The molecule has 0 aliphatic carbocycles. The molecule has 0 aromatic carbocycles. The zero-order chi connectivity index (χ0) is 13.7. The summed E-state index contributed by atoms with van der Waals surface area (Å²) in [6, 6.07) is 2.25. The van der Waals surface area contributed by atoms with Crippen LogP contribution in [0.15, 0.2) is 17.1 Å². The van der Waals surface area contributed by atoms with Gasteiger partial charge in [0.1, 0.15) is 5.82 Å². The van der Waals surface area contributed by atoms with Gasteiger partial charge in [0.05, 0.1) is 0 Å². The molecule has 1 atom stereocenters. The van der Waals surface area contributed by atoms with Crippen LogP contribution in [0.4, 0.5) is 5.82 Å². The molecular formula is C16H25N3. The number of aromatic nitrogens is 1. The Kier molecular flexibility index (Phi) is 4.97. The molecule has 2 heterocycles. The largest absolute Gasteiger partial charge is 0.343 e. The van der Waals surface area contributed by atoms with E-state index in [0.29, 0.717) is 5.92 Å². The lowest BCUT2D eigenvalue weighted by atomic mass is 9.97. The summed E-state index contributed by atoms with van der Waals surface area (Å²) < 4.78 is 0. The van der Waals surface area contributed by atoms with E-state index in [9.17, 15) is 0 Å². The lowest BCUT2D eigenvalue weighted by Crippen LogP contribution is -2.24. The molecule has 0 spiro atoms. The van der Waals surface area contributed by atoms with Crippen LogP contribution in [0.25, 0.3) is 6.08 Å². The third-order valence-electron chi connectivity index (χ3n) is 4.06. The van der Waals surface area contributed by atoms with Gasteiger partial charge < -0.3 is 9.88 Å². The highest BCUT2D eigenvalue weighted by Gasteiger charge is 2.19. The van der Waals surface area contributed by atoms with Crippen LogP contribution in [0.5, 0.6) is 0 Å². The van der Waals surface area contributed by atoms with Gasteiger partial charge in [0.25, 0.3) is 0 Å². The van der Waals surface area contributed by atoms with Crippen molar-refractivity contribution in [2.75, 3.05) is 19.6 Å². The zero-order valence-corrected chi connectivity index (χ0v) is 12.2. The second-order valence-electron chi connectivity index (χ2n) is 5.25. The SMILES string of the molecule is C=Nc1[nH]c(C2CCCN(CC)CC2)cc1/C=C\C. The van der Waals surface area contributed by atoms with Gasteiger partial charge in [-0.3, -0.25) is 0 Å². The number of likely N-dealkylation sites (tertiary alicyclic amines) is 1. The lowest BCUT2D eigenvalue weighted by molar-refractivity contribution is 0.299. The molecule has 104 valence electrons. The van der Waals surface area contributed by atoms with Gasteiger partial charge >= 0.3 is 0 Å². The highest BCUT2D eigenvalue weighted by atomic mass is 15.1. The van der Waals surface area contributed by atoms with Crippen LogP contribution in [-0.2, 0) is 0 Å². The maximum Gasteiger partial charge on any atom is 0.136 e. The van der Waals surface area contributed by atoms with E-state index in [0.717, 1.165) is 11.4 Å². The number of hydrogen-bond acceptors (Lipinski definition) is 2. The Labute approximate surface area is 116 Å². The van der Waals surface area contributed by atoms with Crippen molar-refractivity contribution < 1.29 is 0 Å². The van der Waals surface area contributed by atoms with Crippen molar-refractivity contribution in [2.24, 2.45) is 4.99 Å². The number of H-pyrrole nitrogens is 1. The third-order valence-corrected chi connectivity index (χ3v) is 4.06. The molecule has 0 saturated carbocycles. The highest BCUT2D eigenvalue weighted by Crippen LogP contribution is 2.31. The van der Waals surface area contributed by atoms with E-state index in [4.69, 9.17) is 0 Å². The van der Waals surface area contributed by atoms with Crippen LogP contribution >= 0.6 is 0 Å². The summed E-state index contributed by atoms with van der Waals surface area (Å²) in [5, 5.41) is 0. The second-order valence-corrected chi connectivity index (χ2v) is 5.25. The minimum Gasteiger partial charge on any atom is -0.343 e. The first-order valence-corrected chi connectivity index (χ1v) is 7.33. The summed E-state index contributed by atoms with van der Waals surface area (Å²) in [5.41, 5.74) is 2.48. The maximum absolute atomic E-state index is 4.09. The van der Waals surface area contributed by atoms with Gasteiger partial charge in [-0.2, -0.15) is 0 Å². The van der Waals surface area contributed by atoms with Crippen molar-refractivity contribution >= 4 is 18.6 Å². The van der Waals surface area contributed by atoms with Gasteiger partial charge in [0.2, 0.25) is 0 Å². The normalized spacial score (nSPS) is 21.7. The molecule has 3 heteroatoms. The van der Waals surface area contributed by atoms with Gasteiger partial charge in [-0.25, -0.2) is 4.99 Å². The molecule has 1 N–H and O–H groups in total. The Morgan fingerprint density at radius 2 is 2.32 bits per heavy atom. The van der Waals surface area contributed by atoms with E-state index >= 15 is 0 Å². The van der Waals surface area contributed by atoms with Gasteiger partial charge in [-0.1, -0.05) is 19.1 Å². The van der Waals surface area contributed by atoms with E-state index in [2.05, 4.69) is 40.7 Å². The first-order valence-electron chi connectivity index (χ1n) is 7.33. The maximum atomic E-state index is 4.09. The highest BCUT2D eigenvalue weighted by molar-refractivity contribution is 5.64. The average molecular weight is 259 g/mol. The van der Waals surface area contributed by atoms with E-state index in [1.54, 1.807) is 0 Å². The Balaban J connectivity index is 2.15. The summed E-state index contributed by atoms with van der Waals surface area (Å²) in [6.07, 6.45) is 7.93. The lowest BCUT2D eigenvalue weighted by Gasteiger charge is -2.17. The van der Waals surface area contributed by atoms with Crippen LogP contribution in [0.3, 0.4) is 0 Å². The fraction of sp³-hybridized carbons (Fsp3) is 0.562. The molecule has 0 bridgehead atoms. The quantitative estimate of drug-likeness (QED) is 0.815. The molecule has 1 aromatic heterocycles. The van der Waals surface area contributed by atoms with Crippen LogP contribution < -0.4 is 0 Å². The number of hydrogen-bond donors (Lipinski definition) is 1. The van der Waals surface area contributed by atoms with Crippen LogP contribution in [0.1, 0.15) is 50.3 Å². The van der Waals surface area contributed by atoms with Crippen molar-refractivity contribution in [1.29, 1.82) is 0 Å². The first-order chi connectivity index (χ1) is 9.28. The summed E-state index contributed by atoms with van der Waals surface area (Å²) in [4.78, 5) is 10.1. The fourth-order valence-corrected chi connectivity index (χ4v) is 2.92. The molecular weight excluding hydrogens is 234 g/mol. The van der Waals surface area contributed by atoms with E-state index < -0.39 is 0 Å². The minimum absolute atomic E-state index is 0.635. The van der Waals surface area contributed by atoms with E-state index in [-0.39, 0.29) is 0 Å². The van der Waals surface area contributed by atoms with Crippen LogP contribution in [0, 0.1) is 0 Å². The summed E-state index contributed by atoms with van der Waals surface area (Å²) in [7, 11) is 0. The predicted octanol–water partition coefficient (Wildman–Crippen LogP) is 3.97. The van der Waals surface area contributed by atoms with Crippen LogP contribution in [-0.4, -0.2) is 36.2 Å². The molecule has 1 fully saturated rings. The predicted molar refractivity (Wildman–Crippen MR) is 83.4 cm³/mol. The summed E-state index contributed by atoms with van der Waals surface area (Å²) in [5.74, 6) is 1.54. The number of allylic oxidation sites excluding steroid dienone is 1. The molecule has 1 aliphatic rings. The minimum atomic E-state index is 0.635. The summed E-state index contributed by atoms with van der Waals surface area (Å²) in [6.45, 7) is 11.5. The monoisotopic (exact) mass is 259 g/mol. The second kappa shape index (κ2) is 6.71. The molecule has 2 rings (SSSR count). The fourth-order valence-electron chi connectivity index (χ4n) is 2.92. The number of rotatable bonds is 4. The van der Waals surface area contributed by atoms with Crippen molar-refractivity contribution in [3.05, 3.63) is 23.4 Å². The number of nitrogens with zero attached hydrogens (tertiary/aromatic N) is 2. The standard InChI is InChI=1S/C16H25N3/c1-4-7-14-12-15(18-16(14)17-3)13-8-6-10-19(5-2)11-9-13/h4,7,12-13,18H,3,5-6,8-11H2,1-2H3/b7-4-. The first kappa shape index (κ1) is 14.1. The summed E-state index contributed by atoms with van der Waals surface area (Å²) >= 11 is 0. The van der Waals surface area contributed by atoms with E-state index in [1.807, 2.05) is 13.0 Å². The average Bonchev–Trinajstić information content (AvgIpc) is 2.68. The molecule has 1 aliphatic heterocycles. The van der Waals surface area contributed by atoms with Gasteiger partial charge in [0.15, 0.2) is 0 Å². The van der Waals surface area contributed by atoms with Crippen molar-refractivity contribution in [1.82, 2.24) is 9.88 Å². The van der Waals surface area contributed by atoms with Crippen molar-refractivity contribution in [2.45, 2.75) is 39.0 Å². The van der Waals surface area contributed by atoms with Gasteiger partial charge in [0, 0.05) is 17.2 Å². The molecule has 19 heavy (non-hydrogen) atoms. The smallest absolute Gasteiger partial charge is 0.136 e. The van der Waals surface area contributed by atoms with Gasteiger partial charge in [-0.15, -0.1) is 0 Å². The van der Waals surface area contributed by atoms with Crippen LogP contribution in [0.2, 0.25) is 0 Å². The third kappa shape index (κ3) is 3.35. The zero-order valence-electron chi connectivity index (χ0n) is 12.2. The Hall–Kier alpha value is -1.35. The number of aromatic amines is 1. The molecule has 0 amide bonds. The molecule has 0 radical (unpaired) electrons. The number of nitrogens with one attached hydrogen (secondary N) is 1. The Morgan fingerprint density at radius 1 is 1.47 bits per heavy atom. The molecule has 1 saturated heterocycles. The molecule has 1 aromatic rings.